The van der Waals surface area contributed by atoms with Gasteiger partial charge in [-0.3, -0.25) is 0 Å². The maximum atomic E-state index is 5.74. The van der Waals surface area contributed by atoms with E-state index in [4.69, 9.17) is 22.1 Å². The number of aromatic nitrogens is 3. The fourth-order valence-corrected chi connectivity index (χ4v) is 2.07. The second kappa shape index (κ2) is 4.28. The Morgan fingerprint density at radius 3 is 2.93 bits per heavy atom. The highest BCUT2D eigenvalue weighted by Gasteiger charge is 2.30. The van der Waals surface area contributed by atoms with Crippen molar-refractivity contribution in [2.24, 2.45) is 0 Å². The summed E-state index contributed by atoms with van der Waals surface area (Å²) in [5.41, 5.74) is 5.53. The molecule has 1 aromatic rings. The zero-order valence-corrected chi connectivity index (χ0v) is 9.24. The number of nitrogen functional groups attached to an aromatic ring is 1. The molecule has 0 radical (unpaired) electrons. The maximum absolute atomic E-state index is 5.74. The van der Waals surface area contributed by atoms with Gasteiger partial charge in [-0.2, -0.15) is 9.97 Å². The van der Waals surface area contributed by atoms with Crippen LogP contribution in [0.25, 0.3) is 0 Å². The predicted molar refractivity (Wildman–Crippen MR) is 56.6 cm³/mol. The monoisotopic (exact) mass is 228 g/mol. The summed E-state index contributed by atoms with van der Waals surface area (Å²) in [5, 5.41) is 0.152. The van der Waals surface area contributed by atoms with Crippen molar-refractivity contribution in [3.8, 4) is 0 Å². The van der Waals surface area contributed by atoms with Gasteiger partial charge < -0.3 is 10.5 Å². The standard InChI is InChI=1S/C9H13ClN4O/c1-2-6-5(3-4-15-6)7-12-8(10)14-9(11)13-7/h5-6H,2-4H2,1H3,(H2,11,12,13,14). The molecule has 5 nitrogen and oxygen atoms in total. The molecule has 0 spiro atoms. The van der Waals surface area contributed by atoms with Crippen LogP contribution in [0.4, 0.5) is 5.95 Å². The molecular formula is C9H13ClN4O. The SMILES string of the molecule is CCC1OCCC1c1nc(N)nc(Cl)n1. The molecule has 6 heteroatoms. The molecule has 2 atom stereocenters. The topological polar surface area (TPSA) is 73.9 Å². The van der Waals surface area contributed by atoms with Gasteiger partial charge >= 0.3 is 0 Å². The van der Waals surface area contributed by atoms with E-state index in [2.05, 4.69) is 21.9 Å². The summed E-state index contributed by atoms with van der Waals surface area (Å²) < 4.78 is 5.56. The molecule has 2 heterocycles. The van der Waals surface area contributed by atoms with E-state index < -0.39 is 0 Å². The van der Waals surface area contributed by atoms with Crippen molar-refractivity contribution in [1.29, 1.82) is 0 Å². The molecule has 0 bridgehead atoms. The Balaban J connectivity index is 2.28. The third-order valence-electron chi connectivity index (χ3n) is 2.59. The number of nitrogens with zero attached hydrogens (tertiary/aromatic N) is 3. The Bertz CT molecular complexity index is 340. The third-order valence-corrected chi connectivity index (χ3v) is 2.76. The number of halogens is 1. The summed E-state index contributed by atoms with van der Waals surface area (Å²) in [7, 11) is 0. The van der Waals surface area contributed by atoms with E-state index in [1.807, 2.05) is 0 Å². The fourth-order valence-electron chi connectivity index (χ4n) is 1.89. The number of rotatable bonds is 2. The molecule has 2 unspecified atom stereocenters. The largest absolute Gasteiger partial charge is 0.377 e. The van der Waals surface area contributed by atoms with Crippen molar-refractivity contribution in [2.45, 2.75) is 31.8 Å². The Morgan fingerprint density at radius 1 is 1.47 bits per heavy atom. The summed E-state index contributed by atoms with van der Waals surface area (Å²) in [6.07, 6.45) is 2.02. The lowest BCUT2D eigenvalue weighted by atomic mass is 9.99. The molecule has 2 rings (SSSR count). The van der Waals surface area contributed by atoms with Crippen LogP contribution in [0.1, 0.15) is 31.5 Å². The molecule has 1 aromatic heterocycles. The Hall–Kier alpha value is -0.940. The molecule has 0 saturated carbocycles. The van der Waals surface area contributed by atoms with Crippen molar-refractivity contribution in [2.75, 3.05) is 12.3 Å². The van der Waals surface area contributed by atoms with Gasteiger partial charge in [-0.05, 0) is 24.4 Å². The van der Waals surface area contributed by atoms with Crippen LogP contribution in [0.3, 0.4) is 0 Å². The molecule has 0 aliphatic carbocycles. The predicted octanol–water partition coefficient (Wildman–Crippen LogP) is 1.39. The highest BCUT2D eigenvalue weighted by molar-refractivity contribution is 6.28. The van der Waals surface area contributed by atoms with E-state index in [1.165, 1.54) is 0 Å². The van der Waals surface area contributed by atoms with Gasteiger partial charge in [-0.15, -0.1) is 0 Å². The van der Waals surface area contributed by atoms with Gasteiger partial charge in [0.05, 0.1) is 6.10 Å². The smallest absolute Gasteiger partial charge is 0.227 e. The maximum Gasteiger partial charge on any atom is 0.227 e. The minimum absolute atomic E-state index is 0.152. The van der Waals surface area contributed by atoms with Crippen molar-refractivity contribution in [1.82, 2.24) is 15.0 Å². The quantitative estimate of drug-likeness (QED) is 0.828. The first-order valence-electron chi connectivity index (χ1n) is 4.99. The van der Waals surface area contributed by atoms with Crippen molar-refractivity contribution < 1.29 is 4.74 Å². The van der Waals surface area contributed by atoms with Crippen LogP contribution in [0.15, 0.2) is 0 Å². The fraction of sp³-hybridized carbons (Fsp3) is 0.667. The number of anilines is 1. The van der Waals surface area contributed by atoms with Gasteiger partial charge in [-0.25, -0.2) is 4.98 Å². The van der Waals surface area contributed by atoms with E-state index in [-0.39, 0.29) is 23.3 Å². The molecule has 1 aliphatic heterocycles. The van der Waals surface area contributed by atoms with E-state index in [1.54, 1.807) is 0 Å². The van der Waals surface area contributed by atoms with Crippen molar-refractivity contribution in [3.63, 3.8) is 0 Å². The second-order valence-electron chi connectivity index (χ2n) is 3.53. The number of nitrogens with two attached hydrogens (primary N) is 1. The van der Waals surface area contributed by atoms with Crippen molar-refractivity contribution >= 4 is 17.5 Å². The first-order valence-corrected chi connectivity index (χ1v) is 5.37. The van der Waals surface area contributed by atoms with E-state index in [0.717, 1.165) is 19.4 Å². The molecule has 1 saturated heterocycles. The number of hydrogen-bond acceptors (Lipinski definition) is 5. The number of hydrogen-bond donors (Lipinski definition) is 1. The summed E-state index contributed by atoms with van der Waals surface area (Å²) >= 11 is 5.74. The minimum Gasteiger partial charge on any atom is -0.377 e. The van der Waals surface area contributed by atoms with Gasteiger partial charge in [0.15, 0.2) is 0 Å². The van der Waals surface area contributed by atoms with Crippen LogP contribution in [0.2, 0.25) is 5.28 Å². The van der Waals surface area contributed by atoms with Gasteiger partial charge in [-0.1, -0.05) is 6.92 Å². The first kappa shape index (κ1) is 10.6. The van der Waals surface area contributed by atoms with Gasteiger partial charge in [0.25, 0.3) is 0 Å². The lowest BCUT2D eigenvalue weighted by molar-refractivity contribution is 0.0994. The summed E-state index contributed by atoms with van der Waals surface area (Å²) in [6, 6.07) is 0. The molecule has 1 aliphatic rings. The van der Waals surface area contributed by atoms with Crippen LogP contribution in [-0.4, -0.2) is 27.7 Å². The van der Waals surface area contributed by atoms with Crippen molar-refractivity contribution in [3.05, 3.63) is 11.1 Å². The zero-order chi connectivity index (χ0) is 10.8. The van der Waals surface area contributed by atoms with Crippen LogP contribution in [0.5, 0.6) is 0 Å². The van der Waals surface area contributed by atoms with Gasteiger partial charge in [0.1, 0.15) is 5.82 Å². The van der Waals surface area contributed by atoms with Gasteiger partial charge in [0, 0.05) is 12.5 Å². The number of ether oxygens (including phenoxy) is 1. The third kappa shape index (κ3) is 2.18. The van der Waals surface area contributed by atoms with Crippen LogP contribution in [0, 0.1) is 0 Å². The molecule has 1 fully saturated rings. The van der Waals surface area contributed by atoms with E-state index in [0.29, 0.717) is 5.82 Å². The molecule has 2 N–H and O–H groups in total. The van der Waals surface area contributed by atoms with E-state index >= 15 is 0 Å². The average Bonchev–Trinajstić information content (AvgIpc) is 2.63. The highest BCUT2D eigenvalue weighted by Crippen LogP contribution is 2.31. The van der Waals surface area contributed by atoms with Crippen LogP contribution >= 0.6 is 11.6 Å². The van der Waals surface area contributed by atoms with Gasteiger partial charge in [0.2, 0.25) is 11.2 Å². The van der Waals surface area contributed by atoms with E-state index in [9.17, 15) is 0 Å². The molecule has 82 valence electrons. The lowest BCUT2D eigenvalue weighted by Crippen LogP contribution is -2.17. The normalized spacial score (nSPS) is 25.7. The molecule has 0 amide bonds. The van der Waals surface area contributed by atoms with Crippen LogP contribution in [-0.2, 0) is 4.74 Å². The molecule has 0 aromatic carbocycles. The molecular weight excluding hydrogens is 216 g/mol. The zero-order valence-electron chi connectivity index (χ0n) is 8.48. The average molecular weight is 229 g/mol. The Labute approximate surface area is 93.0 Å². The summed E-state index contributed by atoms with van der Waals surface area (Å²) in [4.78, 5) is 11.9. The molecule has 15 heavy (non-hydrogen) atoms. The summed E-state index contributed by atoms with van der Waals surface area (Å²) in [5.74, 6) is 1.02. The first-order chi connectivity index (χ1) is 7.20. The lowest BCUT2D eigenvalue weighted by Gasteiger charge is -2.15. The summed E-state index contributed by atoms with van der Waals surface area (Å²) in [6.45, 7) is 2.82. The second-order valence-corrected chi connectivity index (χ2v) is 3.87. The highest BCUT2D eigenvalue weighted by atomic mass is 35.5. The Morgan fingerprint density at radius 2 is 2.27 bits per heavy atom. The minimum atomic E-state index is 0.152. The van der Waals surface area contributed by atoms with Crippen LogP contribution < -0.4 is 5.73 Å². The Kier molecular flexibility index (Phi) is 3.02.